The summed E-state index contributed by atoms with van der Waals surface area (Å²) in [7, 11) is 1.71. The number of amides is 2. The van der Waals surface area contributed by atoms with Crippen molar-refractivity contribution in [2.75, 3.05) is 0 Å². The fourth-order valence-corrected chi connectivity index (χ4v) is 3.63. The molecule has 160 valence electrons. The second-order valence-electron chi connectivity index (χ2n) is 7.38. The number of hydrogen-bond acceptors (Lipinski definition) is 5. The van der Waals surface area contributed by atoms with Gasteiger partial charge in [-0.05, 0) is 17.7 Å². The van der Waals surface area contributed by atoms with Crippen molar-refractivity contribution in [2.24, 2.45) is 12.8 Å². The molecule has 0 bridgehead atoms. The Morgan fingerprint density at radius 3 is 2.56 bits per heavy atom. The molecule has 0 aliphatic heterocycles. The lowest BCUT2D eigenvalue weighted by molar-refractivity contribution is -0.137. The second-order valence-corrected chi connectivity index (χ2v) is 7.38. The molecule has 1 unspecified atom stereocenters. The minimum Gasteiger partial charge on any atom is -0.363 e. The van der Waals surface area contributed by atoms with Crippen LogP contribution in [-0.2, 0) is 23.1 Å². The Bertz CT molecular complexity index is 1310. The van der Waals surface area contributed by atoms with Gasteiger partial charge in [-0.15, -0.1) is 0 Å². The highest BCUT2D eigenvalue weighted by Crippen LogP contribution is 2.29. The lowest BCUT2D eigenvalue weighted by Crippen LogP contribution is -2.47. The zero-order valence-electron chi connectivity index (χ0n) is 17.4. The van der Waals surface area contributed by atoms with E-state index in [1.54, 1.807) is 19.4 Å². The number of fused-ring (bicyclic) bond motifs is 1. The molecular formula is C24H21N5O3. The predicted molar refractivity (Wildman–Crippen MR) is 120 cm³/mol. The Labute approximate surface area is 184 Å². The van der Waals surface area contributed by atoms with Gasteiger partial charge in [0.15, 0.2) is 0 Å². The van der Waals surface area contributed by atoms with Crippen LogP contribution in [0.5, 0.6) is 0 Å². The first-order chi connectivity index (χ1) is 15.4. The number of hydrogen-bond donors (Lipinski definition) is 2. The Hall–Kier alpha value is -4.33. The van der Waals surface area contributed by atoms with E-state index < -0.39 is 23.6 Å². The van der Waals surface area contributed by atoms with E-state index in [0.29, 0.717) is 5.69 Å². The molecule has 8 nitrogen and oxygen atoms in total. The summed E-state index contributed by atoms with van der Waals surface area (Å²) in [6.07, 6.45) is 3.41. The van der Waals surface area contributed by atoms with E-state index in [-0.39, 0.29) is 12.0 Å². The van der Waals surface area contributed by atoms with E-state index in [9.17, 15) is 14.4 Å². The summed E-state index contributed by atoms with van der Waals surface area (Å²) < 4.78 is 1.53. The summed E-state index contributed by atoms with van der Waals surface area (Å²) >= 11 is 0. The van der Waals surface area contributed by atoms with Gasteiger partial charge in [-0.3, -0.25) is 24.0 Å². The molecule has 0 saturated carbocycles. The number of Topliss-reactive ketones (excluding diaryl/α,β-unsaturated/α-hetero) is 1. The van der Waals surface area contributed by atoms with Crippen molar-refractivity contribution in [1.29, 1.82) is 0 Å². The molecular weight excluding hydrogens is 406 g/mol. The van der Waals surface area contributed by atoms with Gasteiger partial charge in [0.05, 0.1) is 11.1 Å². The largest absolute Gasteiger partial charge is 0.363 e. The molecule has 4 aromatic rings. The van der Waals surface area contributed by atoms with Gasteiger partial charge in [-0.2, -0.15) is 5.10 Å². The highest BCUT2D eigenvalue weighted by molar-refractivity contribution is 6.38. The molecule has 32 heavy (non-hydrogen) atoms. The summed E-state index contributed by atoms with van der Waals surface area (Å²) in [5, 5.41) is 8.00. The number of pyridine rings is 1. The van der Waals surface area contributed by atoms with Crippen molar-refractivity contribution in [1.82, 2.24) is 20.1 Å². The summed E-state index contributed by atoms with van der Waals surface area (Å²) in [4.78, 5) is 41.6. The van der Waals surface area contributed by atoms with Gasteiger partial charge in [0.2, 0.25) is 5.78 Å². The first kappa shape index (κ1) is 20.9. The average molecular weight is 427 g/mol. The first-order valence-electron chi connectivity index (χ1n) is 10.00. The molecule has 0 fully saturated rings. The maximum Gasteiger partial charge on any atom is 0.287 e. The molecule has 2 aromatic heterocycles. The molecule has 0 aliphatic carbocycles. The fraction of sp³-hybridized carbons (Fsp3) is 0.125. The predicted octanol–water partition coefficient (Wildman–Crippen LogP) is 2.03. The Morgan fingerprint density at radius 1 is 1.03 bits per heavy atom. The number of rotatable bonds is 7. The van der Waals surface area contributed by atoms with Crippen LogP contribution in [0.2, 0.25) is 0 Å². The number of aryl methyl sites for hydroxylation is 1. The molecule has 1 atom stereocenters. The van der Waals surface area contributed by atoms with Crippen LogP contribution in [0.1, 0.15) is 15.9 Å². The Morgan fingerprint density at radius 2 is 1.81 bits per heavy atom. The SMILES string of the molecule is Cn1cc(C(=O)NC(Cc2ccccc2)C(=O)C(N)=O)c(-c2cccc3ncccc23)n1. The van der Waals surface area contributed by atoms with E-state index in [1.165, 1.54) is 4.68 Å². The minimum absolute atomic E-state index is 0.141. The lowest BCUT2D eigenvalue weighted by Gasteiger charge is -2.16. The third kappa shape index (κ3) is 4.24. The molecule has 3 N–H and O–H groups in total. The van der Waals surface area contributed by atoms with Gasteiger partial charge in [0.1, 0.15) is 11.7 Å². The number of nitrogens with one attached hydrogen (secondary N) is 1. The normalized spacial score (nSPS) is 11.8. The van der Waals surface area contributed by atoms with Crippen molar-refractivity contribution in [3.8, 4) is 11.3 Å². The van der Waals surface area contributed by atoms with Gasteiger partial charge in [-0.1, -0.05) is 48.5 Å². The van der Waals surface area contributed by atoms with Gasteiger partial charge in [0.25, 0.3) is 11.8 Å². The van der Waals surface area contributed by atoms with Crippen LogP contribution in [0.3, 0.4) is 0 Å². The molecule has 2 aromatic carbocycles. The van der Waals surface area contributed by atoms with E-state index in [1.807, 2.05) is 60.7 Å². The number of nitrogens with two attached hydrogens (primary N) is 1. The number of ketones is 1. The van der Waals surface area contributed by atoms with E-state index in [2.05, 4.69) is 15.4 Å². The molecule has 2 heterocycles. The molecule has 4 rings (SSSR count). The number of carbonyl (C=O) groups is 3. The van der Waals surface area contributed by atoms with Crippen LogP contribution >= 0.6 is 0 Å². The van der Waals surface area contributed by atoms with Crippen molar-refractivity contribution in [2.45, 2.75) is 12.5 Å². The van der Waals surface area contributed by atoms with Gasteiger partial charge in [0, 0.05) is 36.8 Å². The third-order valence-electron chi connectivity index (χ3n) is 5.12. The van der Waals surface area contributed by atoms with Crippen LogP contribution in [0, 0.1) is 0 Å². The van der Waals surface area contributed by atoms with Crippen molar-refractivity contribution < 1.29 is 14.4 Å². The topological polar surface area (TPSA) is 120 Å². The van der Waals surface area contributed by atoms with Gasteiger partial charge < -0.3 is 11.1 Å². The van der Waals surface area contributed by atoms with Crippen LogP contribution in [-0.4, -0.2) is 38.4 Å². The van der Waals surface area contributed by atoms with E-state index >= 15 is 0 Å². The minimum atomic E-state index is -1.10. The zero-order valence-corrected chi connectivity index (χ0v) is 17.4. The van der Waals surface area contributed by atoms with Gasteiger partial charge >= 0.3 is 0 Å². The molecule has 8 heteroatoms. The highest BCUT2D eigenvalue weighted by atomic mass is 16.2. The van der Waals surface area contributed by atoms with Crippen LogP contribution in [0.25, 0.3) is 22.2 Å². The zero-order chi connectivity index (χ0) is 22.7. The van der Waals surface area contributed by atoms with Crippen LogP contribution in [0.4, 0.5) is 0 Å². The number of benzene rings is 2. The Kier molecular flexibility index (Phi) is 5.76. The fourth-order valence-electron chi connectivity index (χ4n) is 3.63. The summed E-state index contributed by atoms with van der Waals surface area (Å²) in [6.45, 7) is 0. The van der Waals surface area contributed by atoms with Crippen molar-refractivity contribution in [3.05, 3.63) is 84.2 Å². The molecule has 0 radical (unpaired) electrons. The summed E-state index contributed by atoms with van der Waals surface area (Å²) in [5.74, 6) is -2.48. The second kappa shape index (κ2) is 8.81. The Balaban J connectivity index is 1.70. The number of nitrogens with zero attached hydrogens (tertiary/aromatic N) is 3. The quantitative estimate of drug-likeness (QED) is 0.437. The maximum atomic E-state index is 13.2. The smallest absolute Gasteiger partial charge is 0.287 e. The van der Waals surface area contributed by atoms with E-state index in [4.69, 9.17) is 5.73 Å². The lowest BCUT2D eigenvalue weighted by atomic mass is 10.00. The van der Waals surface area contributed by atoms with E-state index in [0.717, 1.165) is 22.0 Å². The number of carbonyl (C=O) groups excluding carboxylic acids is 3. The monoisotopic (exact) mass is 427 g/mol. The first-order valence-corrected chi connectivity index (χ1v) is 10.00. The molecule has 0 saturated heterocycles. The highest BCUT2D eigenvalue weighted by Gasteiger charge is 2.28. The van der Waals surface area contributed by atoms with Crippen LogP contribution < -0.4 is 11.1 Å². The summed E-state index contributed by atoms with van der Waals surface area (Å²) in [5.41, 5.74) is 8.26. The summed E-state index contributed by atoms with van der Waals surface area (Å²) in [6, 6.07) is 17.3. The maximum absolute atomic E-state index is 13.2. The standard InChI is InChI=1S/C24H21N5O3/c1-29-14-18(21(28-29)17-9-5-11-19-16(17)10-6-12-26-19)24(32)27-20(22(30)23(25)31)13-15-7-3-2-4-8-15/h2-12,14,20H,13H2,1H3,(H2,25,31)(H,27,32). The van der Waals surface area contributed by atoms with Crippen molar-refractivity contribution in [3.63, 3.8) is 0 Å². The molecule has 2 amide bonds. The van der Waals surface area contributed by atoms with Gasteiger partial charge in [-0.25, -0.2) is 0 Å². The number of primary amides is 1. The molecule has 0 spiro atoms. The van der Waals surface area contributed by atoms with Crippen LogP contribution in [0.15, 0.2) is 73.1 Å². The number of aromatic nitrogens is 3. The van der Waals surface area contributed by atoms with Crippen molar-refractivity contribution >= 4 is 28.5 Å². The average Bonchev–Trinajstić information content (AvgIpc) is 3.20. The third-order valence-corrected chi connectivity index (χ3v) is 5.12. The molecule has 0 aliphatic rings.